The zero-order valence-corrected chi connectivity index (χ0v) is 19.6. The van der Waals surface area contributed by atoms with Crippen LogP contribution in [0.15, 0.2) is 48.5 Å². The van der Waals surface area contributed by atoms with Gasteiger partial charge in [0.25, 0.3) is 0 Å². The van der Waals surface area contributed by atoms with Crippen molar-refractivity contribution in [3.05, 3.63) is 71.0 Å². The lowest BCUT2D eigenvalue weighted by Crippen LogP contribution is -2.27. The van der Waals surface area contributed by atoms with E-state index in [1.807, 2.05) is 73.8 Å². The molecule has 0 bridgehead atoms. The molecule has 0 spiro atoms. The van der Waals surface area contributed by atoms with Gasteiger partial charge in [0.2, 0.25) is 11.8 Å². The zero-order valence-electron chi connectivity index (χ0n) is 19.6. The summed E-state index contributed by atoms with van der Waals surface area (Å²) in [5.41, 5.74) is 6.44. The van der Waals surface area contributed by atoms with Crippen LogP contribution in [-0.4, -0.2) is 37.9 Å². The summed E-state index contributed by atoms with van der Waals surface area (Å²) in [7, 11) is 0. The van der Waals surface area contributed by atoms with E-state index in [4.69, 9.17) is 4.98 Å². The normalized spacial score (nSPS) is 11.2. The summed E-state index contributed by atoms with van der Waals surface area (Å²) in [6.45, 7) is 8.71. The van der Waals surface area contributed by atoms with Crippen LogP contribution in [-0.2, 0) is 22.6 Å². The first-order valence-electron chi connectivity index (χ1n) is 11.2. The van der Waals surface area contributed by atoms with Crippen molar-refractivity contribution >= 4 is 34.1 Å². The Kier molecular flexibility index (Phi) is 6.40. The first-order valence-corrected chi connectivity index (χ1v) is 11.2. The summed E-state index contributed by atoms with van der Waals surface area (Å²) in [4.78, 5) is 30.9. The van der Waals surface area contributed by atoms with Crippen LogP contribution in [0.2, 0.25) is 0 Å². The van der Waals surface area contributed by atoms with Gasteiger partial charge in [-0.1, -0.05) is 24.3 Å². The van der Waals surface area contributed by atoms with E-state index in [0.29, 0.717) is 25.9 Å². The van der Waals surface area contributed by atoms with Crippen LogP contribution in [0.5, 0.6) is 0 Å². The van der Waals surface area contributed by atoms with Crippen LogP contribution in [0.4, 0.5) is 5.69 Å². The highest BCUT2D eigenvalue weighted by Gasteiger charge is 2.15. The SMILES string of the molecule is CCN(Cc1cccc(NC(=O)CCc2c(C)nc3c4ccccc4nn3c2C)c1)C(C)=O. The van der Waals surface area contributed by atoms with Gasteiger partial charge in [-0.3, -0.25) is 9.59 Å². The first-order chi connectivity index (χ1) is 15.9. The van der Waals surface area contributed by atoms with Gasteiger partial charge >= 0.3 is 0 Å². The molecule has 0 atom stereocenters. The van der Waals surface area contributed by atoms with Crippen LogP contribution >= 0.6 is 0 Å². The Morgan fingerprint density at radius 1 is 1.09 bits per heavy atom. The summed E-state index contributed by atoms with van der Waals surface area (Å²) in [6.07, 6.45) is 0.921. The molecule has 170 valence electrons. The number of carbonyl (C=O) groups is 2. The van der Waals surface area contributed by atoms with Crippen molar-refractivity contribution in [1.29, 1.82) is 0 Å². The van der Waals surface area contributed by atoms with Crippen molar-refractivity contribution in [3.8, 4) is 0 Å². The lowest BCUT2D eigenvalue weighted by Gasteiger charge is -2.19. The summed E-state index contributed by atoms with van der Waals surface area (Å²) in [6, 6.07) is 15.6. The summed E-state index contributed by atoms with van der Waals surface area (Å²) < 4.78 is 1.88. The summed E-state index contributed by atoms with van der Waals surface area (Å²) in [5.74, 6) is -0.0241. The molecule has 4 aromatic rings. The summed E-state index contributed by atoms with van der Waals surface area (Å²) in [5, 5.41) is 8.70. The molecule has 2 aromatic carbocycles. The molecule has 1 N–H and O–H groups in total. The third-order valence-corrected chi connectivity index (χ3v) is 6.03. The Balaban J connectivity index is 1.46. The molecule has 0 radical (unpaired) electrons. The van der Waals surface area contributed by atoms with Crippen LogP contribution in [0.25, 0.3) is 16.6 Å². The van der Waals surface area contributed by atoms with Gasteiger partial charge in [-0.15, -0.1) is 0 Å². The standard InChI is InChI=1S/C26H29N5O2/c1-5-30(19(4)32)16-20-9-8-10-21(15-20)28-25(33)14-13-22-17(2)27-26-23-11-6-7-12-24(23)29-31(26)18(22)3/h6-12,15H,5,13-14,16H2,1-4H3,(H,28,33). The van der Waals surface area contributed by atoms with Crippen LogP contribution in [0.3, 0.4) is 0 Å². The number of nitrogens with one attached hydrogen (secondary N) is 1. The molecule has 0 aliphatic carbocycles. The second-order valence-electron chi connectivity index (χ2n) is 8.30. The number of amides is 2. The smallest absolute Gasteiger partial charge is 0.224 e. The van der Waals surface area contributed by atoms with Crippen LogP contribution in [0, 0.1) is 13.8 Å². The second kappa shape index (κ2) is 9.40. The van der Waals surface area contributed by atoms with Crippen molar-refractivity contribution in [3.63, 3.8) is 0 Å². The van der Waals surface area contributed by atoms with E-state index in [0.717, 1.165) is 44.8 Å². The number of hydrogen-bond acceptors (Lipinski definition) is 4. The molecule has 2 amide bonds. The average Bonchev–Trinajstić information content (AvgIpc) is 3.16. The second-order valence-corrected chi connectivity index (χ2v) is 8.30. The highest BCUT2D eigenvalue weighted by molar-refractivity contribution is 5.92. The third kappa shape index (κ3) is 4.72. The van der Waals surface area contributed by atoms with Crippen molar-refractivity contribution in [2.45, 2.75) is 47.1 Å². The Morgan fingerprint density at radius 3 is 2.64 bits per heavy atom. The van der Waals surface area contributed by atoms with Crippen molar-refractivity contribution < 1.29 is 9.59 Å². The number of aromatic nitrogens is 3. The first kappa shape index (κ1) is 22.5. The molecule has 0 saturated carbocycles. The molecule has 7 nitrogen and oxygen atoms in total. The van der Waals surface area contributed by atoms with E-state index in [-0.39, 0.29) is 11.8 Å². The van der Waals surface area contributed by atoms with Gasteiger partial charge in [-0.25, -0.2) is 9.50 Å². The molecule has 7 heteroatoms. The molecule has 2 aromatic heterocycles. The number of nitrogens with zero attached hydrogens (tertiary/aromatic N) is 4. The fraction of sp³-hybridized carbons (Fsp3) is 0.308. The number of aryl methyl sites for hydroxylation is 2. The lowest BCUT2D eigenvalue weighted by molar-refractivity contribution is -0.129. The van der Waals surface area contributed by atoms with Gasteiger partial charge < -0.3 is 10.2 Å². The fourth-order valence-electron chi connectivity index (χ4n) is 4.21. The molecule has 0 saturated heterocycles. The number of fused-ring (bicyclic) bond motifs is 3. The molecule has 33 heavy (non-hydrogen) atoms. The van der Waals surface area contributed by atoms with E-state index >= 15 is 0 Å². The van der Waals surface area contributed by atoms with Crippen molar-refractivity contribution in [2.24, 2.45) is 0 Å². The number of carbonyl (C=O) groups excluding carboxylic acids is 2. The lowest BCUT2D eigenvalue weighted by atomic mass is 10.1. The minimum atomic E-state index is -0.0596. The van der Waals surface area contributed by atoms with E-state index in [1.165, 1.54) is 0 Å². The molecular formula is C26H29N5O2. The van der Waals surface area contributed by atoms with Gasteiger partial charge in [-0.05, 0) is 62.6 Å². The van der Waals surface area contributed by atoms with E-state index in [9.17, 15) is 9.59 Å². The Labute approximate surface area is 193 Å². The van der Waals surface area contributed by atoms with Crippen LogP contribution < -0.4 is 5.32 Å². The highest BCUT2D eigenvalue weighted by Crippen LogP contribution is 2.23. The predicted octanol–water partition coefficient (Wildman–Crippen LogP) is 4.44. The maximum absolute atomic E-state index is 12.7. The van der Waals surface area contributed by atoms with Gasteiger partial charge in [0.15, 0.2) is 5.65 Å². The van der Waals surface area contributed by atoms with Crippen molar-refractivity contribution in [2.75, 3.05) is 11.9 Å². The quantitative estimate of drug-likeness (QED) is 0.458. The molecule has 0 unspecified atom stereocenters. The molecular weight excluding hydrogens is 414 g/mol. The highest BCUT2D eigenvalue weighted by atomic mass is 16.2. The van der Waals surface area contributed by atoms with E-state index < -0.39 is 0 Å². The zero-order chi connectivity index (χ0) is 23.5. The average molecular weight is 444 g/mol. The minimum Gasteiger partial charge on any atom is -0.339 e. The van der Waals surface area contributed by atoms with Gasteiger partial charge in [0.05, 0.1) is 5.52 Å². The number of benzene rings is 2. The molecule has 4 rings (SSSR count). The van der Waals surface area contributed by atoms with Gasteiger partial charge in [0.1, 0.15) is 0 Å². The molecule has 0 aliphatic rings. The van der Waals surface area contributed by atoms with E-state index in [2.05, 4.69) is 10.4 Å². The topological polar surface area (TPSA) is 79.6 Å². The van der Waals surface area contributed by atoms with Gasteiger partial charge in [-0.2, -0.15) is 5.10 Å². The summed E-state index contributed by atoms with van der Waals surface area (Å²) >= 11 is 0. The Bertz CT molecular complexity index is 1340. The van der Waals surface area contributed by atoms with Crippen molar-refractivity contribution in [1.82, 2.24) is 19.5 Å². The van der Waals surface area contributed by atoms with Gasteiger partial charge in [0, 0.05) is 48.9 Å². The predicted molar refractivity (Wildman–Crippen MR) is 130 cm³/mol. The maximum Gasteiger partial charge on any atom is 0.224 e. The number of rotatable bonds is 7. The monoisotopic (exact) mass is 443 g/mol. The maximum atomic E-state index is 12.7. The number of anilines is 1. The van der Waals surface area contributed by atoms with E-state index in [1.54, 1.807) is 11.8 Å². The largest absolute Gasteiger partial charge is 0.339 e. The molecule has 0 aliphatic heterocycles. The third-order valence-electron chi connectivity index (χ3n) is 6.03. The molecule has 2 heterocycles. The Hall–Kier alpha value is -3.74. The van der Waals surface area contributed by atoms with Crippen LogP contribution in [0.1, 0.15) is 42.8 Å². The Morgan fingerprint density at radius 2 is 1.88 bits per heavy atom. The molecule has 0 fully saturated rings. The fourth-order valence-corrected chi connectivity index (χ4v) is 4.21. The minimum absolute atomic E-state index is 0.0355. The number of hydrogen-bond donors (Lipinski definition) is 1.